The molecule has 0 N–H and O–H groups in total. The van der Waals surface area contributed by atoms with Gasteiger partial charge in [0.2, 0.25) is 0 Å². The summed E-state index contributed by atoms with van der Waals surface area (Å²) >= 11 is 0. The van der Waals surface area contributed by atoms with Gasteiger partial charge < -0.3 is 4.74 Å². The monoisotopic (exact) mass is 127 g/mol. The minimum atomic E-state index is -2.38. The molecular formula is C6H8N2O. The third-order valence-corrected chi connectivity index (χ3v) is 0.821. The fourth-order valence-electron chi connectivity index (χ4n) is 0.469. The summed E-state index contributed by atoms with van der Waals surface area (Å²) in [6, 6.07) is 1.65. The molecule has 0 bridgehead atoms. The summed E-state index contributed by atoms with van der Waals surface area (Å²) in [5.41, 5.74) is 0. The molecule has 9 heavy (non-hydrogen) atoms. The smallest absolute Gasteiger partial charge is 0.153 e. The molecule has 0 saturated carbocycles. The molecule has 1 rings (SSSR count). The van der Waals surface area contributed by atoms with Crippen LogP contribution in [0.1, 0.15) is 9.94 Å². The lowest BCUT2D eigenvalue weighted by Gasteiger charge is -1.93. The number of nitrogens with zero attached hydrogens (tertiary/aromatic N) is 2. The van der Waals surface area contributed by atoms with Crippen LogP contribution in [0.3, 0.4) is 0 Å². The lowest BCUT2D eigenvalue weighted by Crippen LogP contribution is -1.93. The number of hydrogen-bond donors (Lipinski definition) is 0. The third-order valence-electron chi connectivity index (χ3n) is 0.821. The van der Waals surface area contributed by atoms with E-state index in [4.69, 9.17) is 4.11 Å². The molecule has 0 spiro atoms. The Morgan fingerprint density at radius 2 is 2.44 bits per heavy atom. The Morgan fingerprint density at radius 3 is 3.11 bits per heavy atom. The van der Waals surface area contributed by atoms with Gasteiger partial charge in [-0.2, -0.15) is 0 Å². The van der Waals surface area contributed by atoms with Crippen LogP contribution in [0.25, 0.3) is 0 Å². The molecule has 0 aliphatic heterocycles. The van der Waals surface area contributed by atoms with Gasteiger partial charge in [-0.1, -0.05) is 0 Å². The quantitative estimate of drug-likeness (QED) is 0.584. The zero-order valence-electron chi connectivity index (χ0n) is 7.74. The SMILES string of the molecule is [2H]C([2H])([2H])OCc1ncccn1. The van der Waals surface area contributed by atoms with Crippen molar-refractivity contribution in [1.29, 1.82) is 0 Å². The van der Waals surface area contributed by atoms with Crippen molar-refractivity contribution in [3.05, 3.63) is 24.3 Å². The first kappa shape index (κ1) is 3.27. The predicted molar refractivity (Wildman–Crippen MR) is 32.7 cm³/mol. The van der Waals surface area contributed by atoms with Crippen LogP contribution < -0.4 is 0 Å². The molecule has 3 nitrogen and oxygen atoms in total. The van der Waals surface area contributed by atoms with E-state index in [0.717, 1.165) is 0 Å². The Labute approximate surface area is 57.9 Å². The fraction of sp³-hybridized carbons (Fsp3) is 0.333. The molecule has 0 saturated heterocycles. The number of ether oxygens (including phenoxy) is 1. The second-order valence-corrected chi connectivity index (χ2v) is 1.45. The minimum Gasteiger partial charge on any atom is -0.377 e. The lowest BCUT2D eigenvalue weighted by atomic mass is 10.6. The van der Waals surface area contributed by atoms with E-state index >= 15 is 0 Å². The van der Waals surface area contributed by atoms with Crippen LogP contribution in [0.4, 0.5) is 0 Å². The fourth-order valence-corrected chi connectivity index (χ4v) is 0.469. The van der Waals surface area contributed by atoms with E-state index in [9.17, 15) is 0 Å². The predicted octanol–water partition coefficient (Wildman–Crippen LogP) is 0.623. The molecular weight excluding hydrogens is 116 g/mol. The molecule has 0 aliphatic rings. The van der Waals surface area contributed by atoms with Crippen molar-refractivity contribution >= 4 is 0 Å². The normalized spacial score (nSPS) is 15.8. The highest BCUT2D eigenvalue weighted by molar-refractivity contribution is 4.85. The first-order valence-electron chi connectivity index (χ1n) is 3.98. The van der Waals surface area contributed by atoms with Crippen molar-refractivity contribution in [2.45, 2.75) is 6.61 Å². The summed E-state index contributed by atoms with van der Waals surface area (Å²) in [5.74, 6) is 0.369. The first-order chi connectivity index (χ1) is 5.58. The van der Waals surface area contributed by atoms with Crippen LogP contribution in [0.5, 0.6) is 0 Å². The minimum absolute atomic E-state index is 0.0860. The molecule has 0 atom stereocenters. The molecule has 3 heteroatoms. The van der Waals surface area contributed by atoms with E-state index in [1.807, 2.05) is 0 Å². The maximum Gasteiger partial charge on any atom is 0.153 e. The second-order valence-electron chi connectivity index (χ2n) is 1.45. The van der Waals surface area contributed by atoms with E-state index in [2.05, 4.69) is 14.7 Å². The van der Waals surface area contributed by atoms with E-state index in [-0.39, 0.29) is 6.61 Å². The lowest BCUT2D eigenvalue weighted by molar-refractivity contribution is 0.177. The Morgan fingerprint density at radius 1 is 1.67 bits per heavy atom. The van der Waals surface area contributed by atoms with Crippen molar-refractivity contribution in [1.82, 2.24) is 9.97 Å². The summed E-state index contributed by atoms with van der Waals surface area (Å²) in [5, 5.41) is 0. The van der Waals surface area contributed by atoms with Gasteiger partial charge in [-0.25, -0.2) is 9.97 Å². The van der Waals surface area contributed by atoms with Gasteiger partial charge in [0.05, 0.1) is 4.11 Å². The second kappa shape index (κ2) is 3.14. The van der Waals surface area contributed by atoms with Gasteiger partial charge >= 0.3 is 0 Å². The van der Waals surface area contributed by atoms with Gasteiger partial charge in [0.1, 0.15) is 6.61 Å². The molecule has 48 valence electrons. The van der Waals surface area contributed by atoms with Gasteiger partial charge in [0.15, 0.2) is 5.82 Å². The van der Waals surface area contributed by atoms with Gasteiger partial charge in [-0.3, -0.25) is 0 Å². The van der Waals surface area contributed by atoms with E-state index < -0.39 is 7.04 Å². The average molecular weight is 127 g/mol. The van der Waals surface area contributed by atoms with Crippen molar-refractivity contribution < 1.29 is 8.85 Å². The highest BCUT2D eigenvalue weighted by atomic mass is 16.5. The first-order valence-corrected chi connectivity index (χ1v) is 2.48. The van der Waals surface area contributed by atoms with Crippen LogP contribution in [-0.4, -0.2) is 17.0 Å². The van der Waals surface area contributed by atoms with E-state index in [1.165, 1.54) is 12.4 Å². The highest BCUT2D eigenvalue weighted by Gasteiger charge is 1.88. The summed E-state index contributed by atoms with van der Waals surface area (Å²) < 4.78 is 24.7. The summed E-state index contributed by atoms with van der Waals surface area (Å²) in [7, 11) is -2.38. The van der Waals surface area contributed by atoms with Gasteiger partial charge in [0.25, 0.3) is 0 Å². The molecule has 1 aromatic rings. The summed E-state index contributed by atoms with van der Waals surface area (Å²) in [4.78, 5) is 7.59. The molecule has 0 radical (unpaired) electrons. The van der Waals surface area contributed by atoms with Gasteiger partial charge in [-0.15, -0.1) is 0 Å². The third kappa shape index (κ3) is 1.77. The highest BCUT2D eigenvalue weighted by Crippen LogP contribution is 1.87. The zero-order chi connectivity index (χ0) is 9.03. The van der Waals surface area contributed by atoms with Gasteiger partial charge in [-0.05, 0) is 6.07 Å². The maximum atomic E-state index is 6.74. The average Bonchev–Trinajstić information content (AvgIpc) is 2.02. The standard InChI is InChI=1S/C6H8N2O/c1-9-5-6-7-3-2-4-8-6/h2-4H,5H2,1H3/i1D3. The number of rotatable bonds is 2. The van der Waals surface area contributed by atoms with Crippen LogP contribution in [0.2, 0.25) is 0 Å². The van der Waals surface area contributed by atoms with Crippen LogP contribution in [-0.2, 0) is 11.3 Å². The summed E-state index contributed by atoms with van der Waals surface area (Å²) in [6.07, 6.45) is 3.07. The van der Waals surface area contributed by atoms with Crippen LogP contribution >= 0.6 is 0 Å². The maximum absolute atomic E-state index is 6.74. The molecule has 0 aromatic carbocycles. The van der Waals surface area contributed by atoms with Gasteiger partial charge in [0, 0.05) is 19.4 Å². The summed E-state index contributed by atoms with van der Waals surface area (Å²) in [6.45, 7) is -0.0860. The Kier molecular flexibility index (Phi) is 1.14. The molecule has 0 fully saturated rings. The van der Waals surface area contributed by atoms with Crippen molar-refractivity contribution in [3.8, 4) is 0 Å². The Hall–Kier alpha value is -0.960. The molecule has 1 aromatic heterocycles. The Balaban J connectivity index is 2.44. The van der Waals surface area contributed by atoms with E-state index in [0.29, 0.717) is 5.82 Å². The Bertz CT molecular complexity index is 236. The number of hydrogen-bond acceptors (Lipinski definition) is 3. The van der Waals surface area contributed by atoms with Crippen molar-refractivity contribution in [2.24, 2.45) is 0 Å². The number of methoxy groups -OCH3 is 1. The molecule has 1 heterocycles. The molecule has 0 aliphatic carbocycles. The topological polar surface area (TPSA) is 35.0 Å². The molecule has 0 amide bonds. The van der Waals surface area contributed by atoms with E-state index in [1.54, 1.807) is 6.07 Å². The van der Waals surface area contributed by atoms with Crippen molar-refractivity contribution in [3.63, 3.8) is 0 Å². The number of aromatic nitrogens is 2. The molecule has 0 unspecified atom stereocenters. The van der Waals surface area contributed by atoms with Crippen LogP contribution in [0.15, 0.2) is 18.5 Å². The van der Waals surface area contributed by atoms with Crippen LogP contribution in [0, 0.1) is 0 Å². The van der Waals surface area contributed by atoms with Crippen molar-refractivity contribution in [2.75, 3.05) is 7.04 Å². The zero-order valence-corrected chi connectivity index (χ0v) is 4.74. The largest absolute Gasteiger partial charge is 0.377 e.